The lowest BCUT2D eigenvalue weighted by atomic mass is 10.1. The summed E-state index contributed by atoms with van der Waals surface area (Å²) in [5.41, 5.74) is 0. The Kier molecular flexibility index (Phi) is 1.16. The minimum atomic E-state index is -1.01. The van der Waals surface area contributed by atoms with Crippen molar-refractivity contribution in [2.45, 2.75) is 13.0 Å². The van der Waals surface area contributed by atoms with E-state index in [9.17, 15) is 9.59 Å². The molecule has 0 radical (unpaired) electrons. The number of amides is 1. The summed E-state index contributed by atoms with van der Waals surface area (Å²) in [6.45, 7) is 1.65. The normalized spacial score (nSPS) is 25.7. The van der Waals surface area contributed by atoms with E-state index in [1.54, 1.807) is 6.92 Å². The van der Waals surface area contributed by atoms with Crippen LogP contribution in [0.2, 0.25) is 0 Å². The molecule has 0 spiro atoms. The Balaban J connectivity index is 2.51. The highest BCUT2D eigenvalue weighted by atomic mass is 16.4. The van der Waals surface area contributed by atoms with Crippen molar-refractivity contribution in [1.29, 1.82) is 0 Å². The maximum absolute atomic E-state index is 10.4. The highest BCUT2D eigenvalue weighted by Crippen LogP contribution is 2.11. The van der Waals surface area contributed by atoms with Crippen LogP contribution in [0.4, 0.5) is 4.79 Å². The molecule has 1 aliphatic rings. The standard InChI is InChI=1S/C5H7NO3/c1-3-4(7)2-6(3)5(8)9/h3H,2H2,1H3,(H,8,9)/t3-/m0/s1. The van der Waals surface area contributed by atoms with Crippen molar-refractivity contribution in [2.75, 3.05) is 6.54 Å². The third-order valence-corrected chi connectivity index (χ3v) is 1.51. The summed E-state index contributed by atoms with van der Waals surface area (Å²) in [5.74, 6) is -0.00241. The zero-order valence-electron chi connectivity index (χ0n) is 5.00. The molecule has 0 aromatic carbocycles. The molecule has 0 unspecified atom stereocenters. The second-order valence-corrected chi connectivity index (χ2v) is 2.05. The zero-order chi connectivity index (χ0) is 7.02. The van der Waals surface area contributed by atoms with Gasteiger partial charge in [-0.2, -0.15) is 0 Å². The van der Waals surface area contributed by atoms with Crippen molar-refractivity contribution in [3.8, 4) is 0 Å². The second kappa shape index (κ2) is 1.72. The van der Waals surface area contributed by atoms with Crippen molar-refractivity contribution in [3.05, 3.63) is 0 Å². The van der Waals surface area contributed by atoms with Crippen LogP contribution in [0.25, 0.3) is 0 Å². The van der Waals surface area contributed by atoms with Gasteiger partial charge >= 0.3 is 6.09 Å². The van der Waals surface area contributed by atoms with Crippen molar-refractivity contribution in [2.24, 2.45) is 0 Å². The summed E-state index contributed by atoms with van der Waals surface area (Å²) in [5, 5.41) is 8.30. The number of likely N-dealkylation sites (tertiary alicyclic amines) is 1. The first-order valence-corrected chi connectivity index (χ1v) is 2.65. The summed E-state index contributed by atoms with van der Waals surface area (Å²) in [6.07, 6.45) is -1.01. The first-order chi connectivity index (χ1) is 4.13. The first kappa shape index (κ1) is 6.07. The zero-order valence-corrected chi connectivity index (χ0v) is 5.00. The topological polar surface area (TPSA) is 57.6 Å². The van der Waals surface area contributed by atoms with Crippen molar-refractivity contribution < 1.29 is 14.7 Å². The Labute approximate surface area is 52.1 Å². The van der Waals surface area contributed by atoms with Gasteiger partial charge in [-0.25, -0.2) is 4.79 Å². The average Bonchev–Trinajstić information content (AvgIpc) is 1.81. The highest BCUT2D eigenvalue weighted by molar-refractivity contribution is 5.96. The molecule has 0 saturated carbocycles. The molecule has 4 heteroatoms. The molecule has 1 N–H and O–H groups in total. The number of hydrogen-bond acceptors (Lipinski definition) is 2. The van der Waals surface area contributed by atoms with Gasteiger partial charge < -0.3 is 5.11 Å². The second-order valence-electron chi connectivity index (χ2n) is 2.05. The third-order valence-electron chi connectivity index (χ3n) is 1.51. The molecule has 4 nitrogen and oxygen atoms in total. The van der Waals surface area contributed by atoms with Crippen LogP contribution in [0.3, 0.4) is 0 Å². The maximum atomic E-state index is 10.4. The predicted octanol–water partition coefficient (Wildman–Crippen LogP) is -0.0624. The van der Waals surface area contributed by atoms with Crippen molar-refractivity contribution in [3.63, 3.8) is 0 Å². The van der Waals surface area contributed by atoms with Crippen LogP contribution in [0, 0.1) is 0 Å². The van der Waals surface area contributed by atoms with Gasteiger partial charge in [0, 0.05) is 0 Å². The summed E-state index contributed by atoms with van der Waals surface area (Å²) < 4.78 is 0. The van der Waals surface area contributed by atoms with E-state index in [0.29, 0.717) is 0 Å². The van der Waals surface area contributed by atoms with Gasteiger partial charge in [0.1, 0.15) is 0 Å². The van der Waals surface area contributed by atoms with Crippen LogP contribution in [0.1, 0.15) is 6.92 Å². The Hall–Kier alpha value is -1.06. The van der Waals surface area contributed by atoms with Crippen LogP contribution in [0.15, 0.2) is 0 Å². The maximum Gasteiger partial charge on any atom is 0.408 e. The Morgan fingerprint density at radius 3 is 2.56 bits per heavy atom. The molecule has 0 aromatic heterocycles. The molecular weight excluding hydrogens is 122 g/mol. The molecule has 1 atom stereocenters. The molecule has 1 fully saturated rings. The molecule has 1 heterocycles. The quantitative estimate of drug-likeness (QED) is 0.498. The lowest BCUT2D eigenvalue weighted by Gasteiger charge is -2.33. The molecule has 1 aliphatic heterocycles. The lowest BCUT2D eigenvalue weighted by Crippen LogP contribution is -2.57. The van der Waals surface area contributed by atoms with E-state index in [1.807, 2.05) is 0 Å². The lowest BCUT2D eigenvalue weighted by molar-refractivity contribution is -0.133. The van der Waals surface area contributed by atoms with E-state index < -0.39 is 12.1 Å². The van der Waals surface area contributed by atoms with Crippen molar-refractivity contribution >= 4 is 11.9 Å². The molecular formula is C5H7NO3. The fourth-order valence-corrected chi connectivity index (χ4v) is 0.732. The smallest absolute Gasteiger partial charge is 0.408 e. The minimum absolute atomic E-state index is 0.00241. The number of nitrogens with zero attached hydrogens (tertiary/aromatic N) is 1. The van der Waals surface area contributed by atoms with Gasteiger partial charge in [-0.3, -0.25) is 9.69 Å². The summed E-state index contributed by atoms with van der Waals surface area (Å²) in [6, 6.07) is -0.414. The number of carbonyl (C=O) groups excluding carboxylic acids is 1. The fourth-order valence-electron chi connectivity index (χ4n) is 0.732. The van der Waals surface area contributed by atoms with Crippen LogP contribution < -0.4 is 0 Å². The molecule has 50 valence electrons. The van der Waals surface area contributed by atoms with Gasteiger partial charge in [0.25, 0.3) is 0 Å². The molecule has 1 amide bonds. The number of carbonyl (C=O) groups is 2. The molecule has 0 bridgehead atoms. The fraction of sp³-hybridized carbons (Fsp3) is 0.600. The van der Waals surface area contributed by atoms with Crippen LogP contribution in [0.5, 0.6) is 0 Å². The SMILES string of the molecule is C[C@H]1C(=O)CN1C(=O)O. The predicted molar refractivity (Wildman–Crippen MR) is 29.2 cm³/mol. The van der Waals surface area contributed by atoms with E-state index in [0.717, 1.165) is 4.90 Å². The van der Waals surface area contributed by atoms with Gasteiger partial charge in [0.2, 0.25) is 0 Å². The highest BCUT2D eigenvalue weighted by Gasteiger charge is 2.36. The van der Waals surface area contributed by atoms with Gasteiger partial charge in [0.05, 0.1) is 12.6 Å². The van der Waals surface area contributed by atoms with E-state index in [2.05, 4.69) is 0 Å². The Morgan fingerprint density at radius 2 is 2.44 bits per heavy atom. The summed E-state index contributed by atoms with van der Waals surface area (Å²) >= 11 is 0. The van der Waals surface area contributed by atoms with Crippen LogP contribution in [-0.2, 0) is 4.79 Å². The number of Topliss-reactive ketones (excluding diaryl/α,β-unsaturated/α-hetero) is 1. The summed E-state index contributed by atoms with van der Waals surface area (Å²) in [4.78, 5) is 21.7. The van der Waals surface area contributed by atoms with E-state index in [1.165, 1.54) is 0 Å². The number of carboxylic acid groups (broad SMARTS) is 1. The largest absolute Gasteiger partial charge is 0.465 e. The number of ketones is 1. The third kappa shape index (κ3) is 0.759. The Bertz CT molecular complexity index is 166. The molecule has 0 aliphatic carbocycles. The summed E-state index contributed by atoms with van der Waals surface area (Å²) in [7, 11) is 0. The first-order valence-electron chi connectivity index (χ1n) is 2.65. The van der Waals surface area contributed by atoms with Crippen LogP contribution in [-0.4, -0.2) is 34.5 Å². The number of hydrogen-bond donors (Lipinski definition) is 1. The van der Waals surface area contributed by atoms with Gasteiger partial charge in [0.15, 0.2) is 5.78 Å². The van der Waals surface area contributed by atoms with E-state index in [-0.39, 0.29) is 12.3 Å². The molecule has 1 rings (SSSR count). The van der Waals surface area contributed by atoms with Gasteiger partial charge in [-0.05, 0) is 6.92 Å². The van der Waals surface area contributed by atoms with Gasteiger partial charge in [-0.15, -0.1) is 0 Å². The minimum Gasteiger partial charge on any atom is -0.465 e. The number of rotatable bonds is 0. The monoisotopic (exact) mass is 129 g/mol. The molecule has 1 saturated heterocycles. The van der Waals surface area contributed by atoms with E-state index >= 15 is 0 Å². The average molecular weight is 129 g/mol. The van der Waals surface area contributed by atoms with Crippen molar-refractivity contribution in [1.82, 2.24) is 4.90 Å². The molecule has 0 aromatic rings. The van der Waals surface area contributed by atoms with E-state index in [4.69, 9.17) is 5.11 Å². The molecule has 9 heavy (non-hydrogen) atoms. The van der Waals surface area contributed by atoms with Crippen LogP contribution >= 0.6 is 0 Å². The Morgan fingerprint density at radius 1 is 1.89 bits per heavy atom. The van der Waals surface area contributed by atoms with Gasteiger partial charge in [-0.1, -0.05) is 0 Å².